The molecule has 1 aliphatic carbocycles. The number of aliphatic hydroxyl groups is 1. The maximum absolute atomic E-state index is 12.6. The van der Waals surface area contributed by atoms with Crippen molar-refractivity contribution < 1.29 is 9.90 Å². The number of amides is 1. The number of hydrogen-bond acceptors (Lipinski definition) is 4. The van der Waals surface area contributed by atoms with E-state index in [0.717, 1.165) is 63.9 Å². The average molecular weight is 466 g/mol. The number of halogens is 1. The van der Waals surface area contributed by atoms with Crippen molar-refractivity contribution >= 4 is 27.7 Å². The summed E-state index contributed by atoms with van der Waals surface area (Å²) < 4.78 is 0.990. The van der Waals surface area contributed by atoms with E-state index in [0.29, 0.717) is 12.2 Å². The van der Waals surface area contributed by atoms with Crippen LogP contribution in [0, 0.1) is 0 Å². The number of hydrogen-bond donors (Lipinski definition) is 2. The molecule has 0 bridgehead atoms. The minimum atomic E-state index is -0.0901. The Hall–Kier alpha value is -2.57. The molecule has 0 aliphatic heterocycles. The van der Waals surface area contributed by atoms with Crippen LogP contribution in [-0.4, -0.2) is 21.0 Å². The molecule has 1 heterocycles. The van der Waals surface area contributed by atoms with Gasteiger partial charge >= 0.3 is 0 Å². The fourth-order valence-electron chi connectivity index (χ4n) is 3.81. The lowest BCUT2D eigenvalue weighted by Gasteiger charge is -2.21. The van der Waals surface area contributed by atoms with E-state index in [1.54, 1.807) is 0 Å². The van der Waals surface area contributed by atoms with E-state index in [1.807, 2.05) is 42.5 Å². The number of benzene rings is 2. The van der Waals surface area contributed by atoms with Gasteiger partial charge in [0.15, 0.2) is 5.82 Å². The lowest BCUT2D eigenvalue weighted by atomic mass is 9.90. The molecule has 5 nitrogen and oxygen atoms in total. The molecule has 0 saturated heterocycles. The molecule has 0 saturated carbocycles. The van der Waals surface area contributed by atoms with Gasteiger partial charge < -0.3 is 10.4 Å². The SMILES string of the molecule is CCCc1nc2c(nc1NC(=O)Cc1ccc(Br)cc1)CCc1cc(CO)ccc1-2. The smallest absolute Gasteiger partial charge is 0.229 e. The van der Waals surface area contributed by atoms with Gasteiger partial charge in [0.05, 0.1) is 30.1 Å². The number of nitrogens with zero attached hydrogens (tertiary/aromatic N) is 2. The summed E-state index contributed by atoms with van der Waals surface area (Å²) in [4.78, 5) is 22.4. The Morgan fingerprint density at radius 1 is 1.10 bits per heavy atom. The van der Waals surface area contributed by atoms with Gasteiger partial charge in [0.1, 0.15) is 0 Å². The predicted molar refractivity (Wildman–Crippen MR) is 121 cm³/mol. The highest BCUT2D eigenvalue weighted by Gasteiger charge is 2.22. The van der Waals surface area contributed by atoms with Crippen LogP contribution in [0.4, 0.5) is 5.82 Å². The quantitative estimate of drug-likeness (QED) is 0.556. The number of carbonyl (C=O) groups is 1. The summed E-state index contributed by atoms with van der Waals surface area (Å²) in [6.07, 6.45) is 3.58. The topological polar surface area (TPSA) is 75.1 Å². The molecule has 1 aromatic heterocycles. The number of anilines is 1. The number of aryl methyl sites for hydroxylation is 3. The number of carbonyl (C=O) groups excluding carboxylic acids is 1. The van der Waals surface area contributed by atoms with Crippen molar-refractivity contribution in [2.45, 2.75) is 45.6 Å². The lowest BCUT2D eigenvalue weighted by molar-refractivity contribution is -0.115. The van der Waals surface area contributed by atoms with Crippen LogP contribution in [0.15, 0.2) is 46.9 Å². The highest BCUT2D eigenvalue weighted by Crippen LogP contribution is 2.33. The van der Waals surface area contributed by atoms with Crippen LogP contribution in [0.1, 0.15) is 41.4 Å². The molecule has 4 rings (SSSR count). The van der Waals surface area contributed by atoms with Crippen molar-refractivity contribution in [2.24, 2.45) is 0 Å². The highest BCUT2D eigenvalue weighted by molar-refractivity contribution is 9.10. The first-order valence-corrected chi connectivity index (χ1v) is 11.0. The Kier molecular flexibility index (Phi) is 6.25. The zero-order chi connectivity index (χ0) is 21.1. The maximum Gasteiger partial charge on any atom is 0.229 e. The van der Waals surface area contributed by atoms with E-state index in [2.05, 4.69) is 28.2 Å². The Morgan fingerprint density at radius 2 is 1.87 bits per heavy atom. The molecule has 1 amide bonds. The molecule has 0 atom stereocenters. The molecule has 3 aromatic rings. The first-order valence-electron chi connectivity index (χ1n) is 10.2. The van der Waals surface area contributed by atoms with E-state index in [4.69, 9.17) is 9.97 Å². The van der Waals surface area contributed by atoms with E-state index >= 15 is 0 Å². The fraction of sp³-hybridized carbons (Fsp3) is 0.292. The molecular weight excluding hydrogens is 442 g/mol. The number of fused-ring (bicyclic) bond motifs is 3. The van der Waals surface area contributed by atoms with Crippen molar-refractivity contribution in [3.8, 4) is 11.3 Å². The van der Waals surface area contributed by atoms with Gasteiger partial charge in [-0.25, -0.2) is 9.97 Å². The number of rotatable bonds is 6. The Bertz CT molecular complexity index is 1080. The second-order valence-electron chi connectivity index (χ2n) is 7.57. The summed E-state index contributed by atoms with van der Waals surface area (Å²) in [5.74, 6) is 0.487. The Balaban J connectivity index is 1.62. The van der Waals surface area contributed by atoms with Gasteiger partial charge in [0.25, 0.3) is 0 Å². The van der Waals surface area contributed by atoms with Gasteiger partial charge in [-0.05, 0) is 48.1 Å². The molecule has 30 heavy (non-hydrogen) atoms. The van der Waals surface area contributed by atoms with Crippen molar-refractivity contribution in [1.29, 1.82) is 0 Å². The fourth-order valence-corrected chi connectivity index (χ4v) is 4.07. The summed E-state index contributed by atoms with van der Waals surface area (Å²) in [5, 5.41) is 12.4. The van der Waals surface area contributed by atoms with Crippen molar-refractivity contribution in [1.82, 2.24) is 9.97 Å². The molecule has 0 radical (unpaired) electrons. The maximum atomic E-state index is 12.6. The summed E-state index contributed by atoms with van der Waals surface area (Å²) in [7, 11) is 0. The van der Waals surface area contributed by atoms with Crippen LogP contribution in [0.3, 0.4) is 0 Å². The summed E-state index contributed by atoms with van der Waals surface area (Å²) >= 11 is 3.42. The molecular formula is C24H24BrN3O2. The van der Waals surface area contributed by atoms with Gasteiger partial charge in [0, 0.05) is 10.0 Å². The Morgan fingerprint density at radius 3 is 2.60 bits per heavy atom. The average Bonchev–Trinajstić information content (AvgIpc) is 2.75. The molecule has 0 unspecified atom stereocenters. The standard InChI is InChI=1S/C24H24BrN3O2/c1-2-3-21-24(28-22(30)13-15-4-8-18(25)9-5-15)27-20-11-7-17-12-16(14-29)6-10-19(17)23(20)26-21/h4-6,8-10,12,29H,2-3,7,11,13-14H2,1H3,(H,27,28,30). The number of nitrogens with one attached hydrogen (secondary N) is 1. The first kappa shape index (κ1) is 20.7. The van der Waals surface area contributed by atoms with E-state index < -0.39 is 0 Å². The summed E-state index contributed by atoms with van der Waals surface area (Å²) in [6, 6.07) is 13.7. The van der Waals surface area contributed by atoms with Crippen LogP contribution < -0.4 is 5.32 Å². The van der Waals surface area contributed by atoms with Gasteiger partial charge in [-0.3, -0.25) is 4.79 Å². The van der Waals surface area contributed by atoms with Gasteiger partial charge in [0.2, 0.25) is 5.91 Å². The second kappa shape index (κ2) is 9.06. The van der Waals surface area contributed by atoms with E-state index in [-0.39, 0.29) is 12.5 Å². The van der Waals surface area contributed by atoms with Gasteiger partial charge in [-0.1, -0.05) is 59.6 Å². The van der Waals surface area contributed by atoms with E-state index in [9.17, 15) is 9.90 Å². The van der Waals surface area contributed by atoms with E-state index in [1.165, 1.54) is 5.56 Å². The first-order chi connectivity index (χ1) is 14.6. The highest BCUT2D eigenvalue weighted by atomic mass is 79.9. The summed E-state index contributed by atoms with van der Waals surface area (Å²) in [5.41, 5.74) is 6.76. The molecule has 0 spiro atoms. The zero-order valence-corrected chi connectivity index (χ0v) is 18.5. The molecule has 2 aromatic carbocycles. The third-order valence-corrected chi connectivity index (χ3v) is 5.83. The van der Waals surface area contributed by atoms with Crippen LogP contribution >= 0.6 is 15.9 Å². The molecule has 154 valence electrons. The van der Waals surface area contributed by atoms with Crippen LogP contribution in [0.2, 0.25) is 0 Å². The second-order valence-corrected chi connectivity index (χ2v) is 8.48. The van der Waals surface area contributed by atoms with Gasteiger partial charge in [-0.15, -0.1) is 0 Å². The van der Waals surface area contributed by atoms with Crippen LogP contribution in [0.25, 0.3) is 11.3 Å². The molecule has 1 aliphatic rings. The molecule has 6 heteroatoms. The van der Waals surface area contributed by atoms with Crippen molar-refractivity contribution in [3.63, 3.8) is 0 Å². The lowest BCUT2D eigenvalue weighted by Crippen LogP contribution is -2.19. The molecule has 2 N–H and O–H groups in total. The zero-order valence-electron chi connectivity index (χ0n) is 16.9. The third kappa shape index (κ3) is 4.45. The van der Waals surface area contributed by atoms with Crippen molar-refractivity contribution in [3.05, 3.63) is 75.0 Å². The van der Waals surface area contributed by atoms with Crippen LogP contribution in [0.5, 0.6) is 0 Å². The monoisotopic (exact) mass is 465 g/mol. The van der Waals surface area contributed by atoms with Crippen LogP contribution in [-0.2, 0) is 37.1 Å². The summed E-state index contributed by atoms with van der Waals surface area (Å²) in [6.45, 7) is 2.13. The molecule has 0 fully saturated rings. The largest absolute Gasteiger partial charge is 0.392 e. The third-order valence-electron chi connectivity index (χ3n) is 5.30. The predicted octanol–water partition coefficient (Wildman–Crippen LogP) is 4.63. The normalized spacial score (nSPS) is 12.2. The minimum Gasteiger partial charge on any atom is -0.392 e. The van der Waals surface area contributed by atoms with Crippen molar-refractivity contribution in [2.75, 3.05) is 5.32 Å². The Labute approximate surface area is 184 Å². The van der Waals surface area contributed by atoms with Gasteiger partial charge in [-0.2, -0.15) is 0 Å². The number of aliphatic hydroxyl groups excluding tert-OH is 1. The number of aromatic nitrogens is 2. The minimum absolute atomic E-state index is 0.0379.